The Balaban J connectivity index is 1.34. The van der Waals surface area contributed by atoms with Crippen LogP contribution in [-0.4, -0.2) is 66.6 Å². The first kappa shape index (κ1) is 37.7. The van der Waals surface area contributed by atoms with Gasteiger partial charge in [0.25, 0.3) is 0 Å². The van der Waals surface area contributed by atoms with Gasteiger partial charge in [0.15, 0.2) is 12.6 Å². The minimum atomic E-state index is -3.44. The number of carbonyl (C=O) groups is 3. The van der Waals surface area contributed by atoms with Crippen molar-refractivity contribution in [3.05, 3.63) is 101 Å². The second kappa shape index (κ2) is 16.2. The SMILES string of the molecule is CCOc1ccc(C(C)OCOc2ccc(C(C)=O)cc2Nc2ccc3c(c2)N(S(C)(=O)=O)CC3)cc1Nc1cc(C(=O)OC)cc(C(=O)OC)c1. The van der Waals surface area contributed by atoms with Gasteiger partial charge in [-0.05, 0) is 99.0 Å². The Kier molecular flexibility index (Phi) is 11.7. The van der Waals surface area contributed by atoms with E-state index in [2.05, 4.69) is 10.6 Å². The number of hydrogen-bond acceptors (Lipinski definition) is 12. The van der Waals surface area contributed by atoms with Crippen LogP contribution in [0.5, 0.6) is 11.5 Å². The third-order valence-electron chi connectivity index (χ3n) is 8.36. The van der Waals surface area contributed by atoms with E-state index in [4.69, 9.17) is 23.7 Å². The van der Waals surface area contributed by atoms with E-state index in [0.717, 1.165) is 11.1 Å². The molecule has 5 rings (SSSR count). The fourth-order valence-electron chi connectivity index (χ4n) is 5.70. The summed E-state index contributed by atoms with van der Waals surface area (Å²) in [5.41, 5.74) is 5.21. The predicted octanol–water partition coefficient (Wildman–Crippen LogP) is 6.78. The number of hydrogen-bond donors (Lipinski definition) is 2. The number of fused-ring (bicyclic) bond motifs is 1. The van der Waals surface area contributed by atoms with Crippen LogP contribution in [0.25, 0.3) is 0 Å². The van der Waals surface area contributed by atoms with Gasteiger partial charge in [0.1, 0.15) is 11.5 Å². The fourth-order valence-corrected chi connectivity index (χ4v) is 6.65. The Labute approximate surface area is 302 Å². The van der Waals surface area contributed by atoms with E-state index in [0.29, 0.717) is 65.1 Å². The number of ketones is 1. The second-order valence-electron chi connectivity index (χ2n) is 12.0. The molecule has 0 fully saturated rings. The van der Waals surface area contributed by atoms with Crippen LogP contribution in [0.1, 0.15) is 69.1 Å². The third kappa shape index (κ3) is 8.82. The smallest absolute Gasteiger partial charge is 0.337 e. The van der Waals surface area contributed by atoms with Crippen molar-refractivity contribution in [2.45, 2.75) is 33.3 Å². The molecule has 0 saturated carbocycles. The fraction of sp³-hybridized carbons (Fsp3) is 0.289. The molecule has 0 aliphatic carbocycles. The molecule has 2 N–H and O–H groups in total. The van der Waals surface area contributed by atoms with Crippen molar-refractivity contribution in [1.29, 1.82) is 0 Å². The van der Waals surface area contributed by atoms with Gasteiger partial charge in [-0.3, -0.25) is 9.10 Å². The summed E-state index contributed by atoms with van der Waals surface area (Å²) in [7, 11) is -0.927. The summed E-state index contributed by atoms with van der Waals surface area (Å²) in [4.78, 5) is 36.9. The van der Waals surface area contributed by atoms with Gasteiger partial charge in [0, 0.05) is 23.5 Å². The summed E-state index contributed by atoms with van der Waals surface area (Å²) in [6, 6.07) is 20.5. The number of benzene rings is 4. The van der Waals surface area contributed by atoms with Gasteiger partial charge in [-0.15, -0.1) is 0 Å². The highest BCUT2D eigenvalue weighted by Crippen LogP contribution is 2.37. The molecule has 14 heteroatoms. The first-order valence-electron chi connectivity index (χ1n) is 16.4. The molecule has 0 bridgehead atoms. The Bertz CT molecular complexity index is 2070. The lowest BCUT2D eigenvalue weighted by Gasteiger charge is -2.20. The van der Waals surface area contributed by atoms with Crippen molar-refractivity contribution in [1.82, 2.24) is 0 Å². The highest BCUT2D eigenvalue weighted by atomic mass is 32.2. The number of nitrogens with one attached hydrogen (secondary N) is 2. The van der Waals surface area contributed by atoms with Crippen molar-refractivity contribution >= 4 is 56.2 Å². The topological polar surface area (TPSA) is 159 Å². The van der Waals surface area contributed by atoms with E-state index >= 15 is 0 Å². The molecular formula is C38H41N3O10S. The molecule has 0 saturated heterocycles. The number of methoxy groups -OCH3 is 2. The molecule has 1 unspecified atom stereocenters. The van der Waals surface area contributed by atoms with Crippen LogP contribution in [0.2, 0.25) is 0 Å². The molecule has 4 aromatic carbocycles. The molecule has 4 aromatic rings. The number of Topliss-reactive ketones (excluding diaryl/α,β-unsaturated/α-hetero) is 1. The summed E-state index contributed by atoms with van der Waals surface area (Å²) < 4.78 is 53.8. The molecule has 0 aromatic heterocycles. The number of nitrogens with zero attached hydrogens (tertiary/aromatic N) is 1. The van der Waals surface area contributed by atoms with Crippen LogP contribution in [0, 0.1) is 0 Å². The molecular weight excluding hydrogens is 690 g/mol. The zero-order valence-electron chi connectivity index (χ0n) is 29.8. The second-order valence-corrected chi connectivity index (χ2v) is 13.9. The summed E-state index contributed by atoms with van der Waals surface area (Å²) in [6.07, 6.45) is 1.34. The molecule has 274 valence electrons. The average molecular weight is 732 g/mol. The van der Waals surface area contributed by atoms with Crippen LogP contribution < -0.4 is 24.4 Å². The molecule has 13 nitrogen and oxygen atoms in total. The van der Waals surface area contributed by atoms with Gasteiger partial charge < -0.3 is 34.3 Å². The normalized spacial score (nSPS) is 12.8. The lowest BCUT2D eigenvalue weighted by molar-refractivity contribution is -0.0290. The van der Waals surface area contributed by atoms with E-state index in [1.165, 1.54) is 37.8 Å². The van der Waals surface area contributed by atoms with Gasteiger partial charge in [0.05, 0.1) is 61.4 Å². The van der Waals surface area contributed by atoms with Crippen molar-refractivity contribution < 1.29 is 46.5 Å². The number of anilines is 5. The van der Waals surface area contributed by atoms with E-state index in [-0.39, 0.29) is 23.7 Å². The highest BCUT2D eigenvalue weighted by Gasteiger charge is 2.26. The minimum absolute atomic E-state index is 0.130. The number of rotatable bonds is 15. The Morgan fingerprint density at radius 3 is 2.06 bits per heavy atom. The maximum atomic E-state index is 12.3. The van der Waals surface area contributed by atoms with Gasteiger partial charge in [-0.25, -0.2) is 18.0 Å². The van der Waals surface area contributed by atoms with Crippen LogP contribution in [0.3, 0.4) is 0 Å². The van der Waals surface area contributed by atoms with Crippen LogP contribution >= 0.6 is 0 Å². The number of sulfonamides is 1. The number of esters is 2. The first-order valence-corrected chi connectivity index (χ1v) is 18.3. The van der Waals surface area contributed by atoms with E-state index < -0.39 is 28.1 Å². The molecule has 0 radical (unpaired) electrons. The highest BCUT2D eigenvalue weighted by molar-refractivity contribution is 7.92. The van der Waals surface area contributed by atoms with E-state index in [1.807, 2.05) is 38.1 Å². The Hall–Kier alpha value is -5.60. The maximum Gasteiger partial charge on any atom is 0.337 e. The summed E-state index contributed by atoms with van der Waals surface area (Å²) in [5.74, 6) is -0.413. The van der Waals surface area contributed by atoms with Crippen molar-refractivity contribution in [3.63, 3.8) is 0 Å². The van der Waals surface area contributed by atoms with Crippen LogP contribution in [0.4, 0.5) is 28.4 Å². The van der Waals surface area contributed by atoms with Crippen molar-refractivity contribution in [3.8, 4) is 11.5 Å². The van der Waals surface area contributed by atoms with Crippen molar-refractivity contribution in [2.24, 2.45) is 0 Å². The summed E-state index contributed by atoms with van der Waals surface area (Å²) in [6.45, 7) is 5.80. The molecule has 52 heavy (non-hydrogen) atoms. The molecule has 1 atom stereocenters. The molecule has 0 amide bonds. The van der Waals surface area contributed by atoms with E-state index in [9.17, 15) is 22.8 Å². The van der Waals surface area contributed by atoms with Gasteiger partial charge in [0.2, 0.25) is 10.0 Å². The number of ether oxygens (including phenoxy) is 5. The van der Waals surface area contributed by atoms with E-state index in [1.54, 1.807) is 42.5 Å². The van der Waals surface area contributed by atoms with Gasteiger partial charge in [-0.2, -0.15) is 0 Å². The molecule has 0 spiro atoms. The monoisotopic (exact) mass is 731 g/mol. The molecule has 1 aliphatic rings. The lowest BCUT2D eigenvalue weighted by atomic mass is 10.1. The first-order chi connectivity index (χ1) is 24.8. The van der Waals surface area contributed by atoms with Crippen molar-refractivity contribution in [2.75, 3.05) is 55.4 Å². The minimum Gasteiger partial charge on any atom is -0.492 e. The maximum absolute atomic E-state index is 12.3. The Morgan fingerprint density at radius 2 is 1.42 bits per heavy atom. The zero-order chi connectivity index (χ0) is 37.6. The largest absolute Gasteiger partial charge is 0.492 e. The van der Waals surface area contributed by atoms with Crippen LogP contribution in [0.15, 0.2) is 72.8 Å². The van der Waals surface area contributed by atoms with Crippen LogP contribution in [-0.2, 0) is 30.7 Å². The Morgan fingerprint density at radius 1 is 0.788 bits per heavy atom. The molecule has 1 heterocycles. The quantitative estimate of drug-likeness (QED) is 0.0751. The summed E-state index contributed by atoms with van der Waals surface area (Å²) >= 11 is 0. The lowest BCUT2D eigenvalue weighted by Crippen LogP contribution is -2.27. The number of carbonyl (C=O) groups excluding carboxylic acids is 3. The zero-order valence-corrected chi connectivity index (χ0v) is 30.6. The standard InChI is InChI=1S/C38H41N3O10S/c1-7-49-35-13-10-27(20-33(35)40-31-17-28(37(43)47-4)16-29(18-31)38(44)48-5)24(3)50-22-51-36-12-9-26(23(2)42)19-32(36)39-30-11-8-25-14-15-41(34(25)21-30)52(6,45)46/h8-13,16-21,24,39-40H,7,14-15,22H2,1-6H3. The molecule has 1 aliphatic heterocycles. The van der Waals surface area contributed by atoms with Gasteiger partial charge >= 0.3 is 11.9 Å². The van der Waals surface area contributed by atoms with Gasteiger partial charge in [-0.1, -0.05) is 12.1 Å². The summed E-state index contributed by atoms with van der Waals surface area (Å²) in [5, 5.41) is 6.53. The predicted molar refractivity (Wildman–Crippen MR) is 197 cm³/mol. The average Bonchev–Trinajstić information content (AvgIpc) is 3.56. The third-order valence-corrected chi connectivity index (χ3v) is 9.54.